The SMILES string of the molecule is CCOC(=O)c1c(CC(=O)C2CC23CC3)sc2c1C[C@@H](n1cnnc1Nc1cc(C(F)F)nn1C)CC2.CCOC(=O)c1c(CC(=O)[C@H]2CC23CC3)sc2c1C[C@@H](n1cnnc1Nc1cc(C(F)F)nn1C)CC2. The van der Waals surface area contributed by atoms with Crippen LogP contribution >= 0.6 is 22.7 Å². The van der Waals surface area contributed by atoms with Gasteiger partial charge in [0.25, 0.3) is 12.9 Å². The van der Waals surface area contributed by atoms with Crippen molar-refractivity contribution in [2.24, 2.45) is 36.8 Å². The van der Waals surface area contributed by atoms with E-state index in [4.69, 9.17) is 9.47 Å². The van der Waals surface area contributed by atoms with Crippen LogP contribution in [0.2, 0.25) is 0 Å². The molecule has 392 valence electrons. The number of thiophene rings is 2. The van der Waals surface area contributed by atoms with Crippen molar-refractivity contribution in [3.8, 4) is 0 Å². The van der Waals surface area contributed by atoms with Crippen LogP contribution in [0, 0.1) is 22.7 Å². The normalized spacial score (nSPS) is 21.2. The third kappa shape index (κ3) is 9.55. The number of Topliss-reactive ketones (excluding diaryl/α,β-unsaturated/α-hetero) is 2. The molecule has 18 nitrogen and oxygen atoms in total. The number of ether oxygens (including phenoxy) is 2. The molecule has 4 saturated carbocycles. The zero-order valence-electron chi connectivity index (χ0n) is 41.3. The van der Waals surface area contributed by atoms with Crippen LogP contribution in [0.1, 0.15) is 153 Å². The predicted octanol–water partition coefficient (Wildman–Crippen LogP) is 9.15. The summed E-state index contributed by atoms with van der Waals surface area (Å²) in [6.07, 6.45) is 9.19. The Kier molecular flexibility index (Phi) is 13.1. The van der Waals surface area contributed by atoms with Gasteiger partial charge in [0, 0.05) is 82.5 Å². The van der Waals surface area contributed by atoms with Crippen molar-refractivity contribution >= 4 is 69.7 Å². The smallest absolute Gasteiger partial charge is 0.339 e. The molecule has 12 rings (SSSR count). The number of anilines is 4. The third-order valence-corrected chi connectivity index (χ3v) is 18.4. The number of rotatable bonds is 18. The van der Waals surface area contributed by atoms with Crippen LogP contribution in [0.25, 0.3) is 0 Å². The largest absolute Gasteiger partial charge is 0.462 e. The van der Waals surface area contributed by atoms with Gasteiger partial charge in [-0.2, -0.15) is 10.2 Å². The van der Waals surface area contributed by atoms with Crippen molar-refractivity contribution < 1.29 is 46.2 Å². The van der Waals surface area contributed by atoms with E-state index in [0.717, 1.165) is 94.8 Å². The molecule has 0 amide bonds. The van der Waals surface area contributed by atoms with Gasteiger partial charge >= 0.3 is 11.9 Å². The molecule has 0 aliphatic heterocycles. The summed E-state index contributed by atoms with van der Waals surface area (Å²) >= 11 is 3.13. The second-order valence-electron chi connectivity index (χ2n) is 20.5. The highest BCUT2D eigenvalue weighted by Crippen LogP contribution is 2.71. The Morgan fingerprint density at radius 1 is 0.676 bits per heavy atom. The molecule has 24 heteroatoms. The van der Waals surface area contributed by atoms with Crippen LogP contribution in [0.4, 0.5) is 41.1 Å². The highest BCUT2D eigenvalue weighted by Gasteiger charge is 2.66. The van der Waals surface area contributed by atoms with E-state index in [1.54, 1.807) is 63.3 Å². The number of fused-ring (bicyclic) bond motifs is 2. The maximum atomic E-state index is 13.1. The number of esters is 2. The average molecular weight is 1060 g/mol. The monoisotopic (exact) mass is 1060 g/mol. The molecule has 74 heavy (non-hydrogen) atoms. The fraction of sp³-hybridized carbons (Fsp3) is 0.560. The molecule has 6 aliphatic rings. The fourth-order valence-electron chi connectivity index (χ4n) is 11.3. The van der Waals surface area contributed by atoms with E-state index in [2.05, 4.69) is 41.2 Å². The number of carbonyl (C=O) groups excluding carboxylic acids is 4. The highest BCUT2D eigenvalue weighted by molar-refractivity contribution is 7.13. The number of nitrogens with one attached hydrogen (secondary N) is 2. The highest BCUT2D eigenvalue weighted by atomic mass is 32.1. The summed E-state index contributed by atoms with van der Waals surface area (Å²) in [6.45, 7) is 4.07. The van der Waals surface area contributed by atoms with E-state index < -0.39 is 12.9 Å². The number of aryl methyl sites for hydroxylation is 4. The minimum Gasteiger partial charge on any atom is -0.462 e. The Bertz CT molecular complexity index is 2960. The van der Waals surface area contributed by atoms with Gasteiger partial charge in [-0.15, -0.1) is 43.1 Å². The zero-order chi connectivity index (χ0) is 51.8. The Labute approximate surface area is 430 Å². The van der Waals surface area contributed by atoms with Gasteiger partial charge < -0.3 is 20.1 Å². The van der Waals surface area contributed by atoms with Crippen molar-refractivity contribution in [2.75, 3.05) is 23.8 Å². The fourth-order valence-corrected chi connectivity index (χ4v) is 14.0. The molecule has 6 aromatic heterocycles. The maximum absolute atomic E-state index is 13.1. The van der Waals surface area contributed by atoms with Gasteiger partial charge in [0.05, 0.1) is 24.3 Å². The molecule has 4 fully saturated rings. The van der Waals surface area contributed by atoms with E-state index in [1.807, 2.05) is 9.13 Å². The Hall–Kier alpha value is -6.30. The minimum absolute atomic E-state index is 0.0581. The van der Waals surface area contributed by atoms with E-state index in [9.17, 15) is 36.7 Å². The van der Waals surface area contributed by atoms with Crippen molar-refractivity contribution in [1.82, 2.24) is 49.1 Å². The second-order valence-corrected chi connectivity index (χ2v) is 22.9. The van der Waals surface area contributed by atoms with E-state index in [-0.39, 0.29) is 95.7 Å². The van der Waals surface area contributed by atoms with Gasteiger partial charge in [0.2, 0.25) is 11.9 Å². The lowest BCUT2D eigenvalue weighted by Crippen LogP contribution is -2.21. The first kappa shape index (κ1) is 49.9. The summed E-state index contributed by atoms with van der Waals surface area (Å²) in [5.41, 5.74) is 2.87. The van der Waals surface area contributed by atoms with Gasteiger partial charge in [-0.3, -0.25) is 28.1 Å². The van der Waals surface area contributed by atoms with E-state index >= 15 is 0 Å². The maximum Gasteiger partial charge on any atom is 0.339 e. The molecule has 0 aromatic carbocycles. The summed E-state index contributed by atoms with van der Waals surface area (Å²) in [7, 11) is 3.16. The Morgan fingerprint density at radius 3 is 1.42 bits per heavy atom. The van der Waals surface area contributed by atoms with Crippen LogP contribution in [0.3, 0.4) is 0 Å². The van der Waals surface area contributed by atoms with E-state index in [0.29, 0.717) is 47.5 Å². The van der Waals surface area contributed by atoms with Crippen LogP contribution in [0.5, 0.6) is 0 Å². The van der Waals surface area contributed by atoms with Crippen LogP contribution < -0.4 is 10.6 Å². The lowest BCUT2D eigenvalue weighted by atomic mass is 9.90. The molecule has 0 saturated heterocycles. The van der Waals surface area contributed by atoms with Crippen LogP contribution in [0.15, 0.2) is 24.8 Å². The lowest BCUT2D eigenvalue weighted by Gasteiger charge is -2.25. The number of halogens is 4. The van der Waals surface area contributed by atoms with Crippen molar-refractivity contribution in [3.05, 3.63) is 77.9 Å². The first-order valence-electron chi connectivity index (χ1n) is 25.2. The summed E-state index contributed by atoms with van der Waals surface area (Å²) in [6, 6.07) is 2.46. The number of aromatic nitrogens is 10. The molecule has 6 aromatic rings. The molecule has 0 radical (unpaired) electrons. The van der Waals surface area contributed by atoms with Crippen molar-refractivity contribution in [2.45, 2.75) is 129 Å². The van der Waals surface area contributed by atoms with Gasteiger partial charge in [-0.25, -0.2) is 27.2 Å². The van der Waals surface area contributed by atoms with Crippen molar-refractivity contribution in [1.29, 1.82) is 0 Å². The standard InChI is InChI=1S/2C25H28F2N6O3S/c2*1-3-36-23(35)21-14-8-13(4-5-18(14)37-19(21)10-17(34)15-11-25(15)6-7-25)33-12-28-30-24(33)29-20-9-16(22(26)27)31-32(20)2/h2*9,12-13,15,22H,3-8,10-11H2,1-2H3,(H,29,30)/t13-,15?;13-,15+/m00/s1. The molecule has 2 N–H and O–H groups in total. The molecule has 6 heterocycles. The minimum atomic E-state index is -2.67. The molecular weight excluding hydrogens is 1000 g/mol. The summed E-state index contributed by atoms with van der Waals surface area (Å²) in [4.78, 5) is 56.0. The first-order valence-corrected chi connectivity index (χ1v) is 26.9. The quantitative estimate of drug-likeness (QED) is 0.0608. The van der Waals surface area contributed by atoms with E-state index in [1.165, 1.54) is 21.5 Å². The summed E-state index contributed by atoms with van der Waals surface area (Å²) < 4.78 is 69.6. The predicted molar refractivity (Wildman–Crippen MR) is 263 cm³/mol. The van der Waals surface area contributed by atoms with Crippen LogP contribution in [-0.2, 0) is 71.7 Å². The number of hydrogen-bond donors (Lipinski definition) is 2. The molecule has 4 atom stereocenters. The molecule has 6 aliphatic carbocycles. The van der Waals surface area contributed by atoms with Crippen LogP contribution in [-0.4, -0.2) is 85.8 Å². The van der Waals surface area contributed by atoms with Gasteiger partial charge in [0.1, 0.15) is 47.2 Å². The summed E-state index contributed by atoms with van der Waals surface area (Å²) in [5.74, 6) is 1.58. The number of ketones is 2. The molecular formula is C50H56F4N12O6S2. The lowest BCUT2D eigenvalue weighted by molar-refractivity contribution is -0.120. The second kappa shape index (κ2) is 19.4. The van der Waals surface area contributed by atoms with Gasteiger partial charge in [-0.1, -0.05) is 0 Å². The average Bonchev–Trinajstić information content (AvgIpc) is 4.32. The summed E-state index contributed by atoms with van der Waals surface area (Å²) in [5, 5.41) is 30.2. The number of alkyl halides is 4. The number of carbonyl (C=O) groups is 4. The van der Waals surface area contributed by atoms with Gasteiger partial charge in [-0.05, 0) is 113 Å². The molecule has 0 bridgehead atoms. The number of nitrogens with zero attached hydrogens (tertiary/aromatic N) is 10. The topological polar surface area (TPSA) is 208 Å². The van der Waals surface area contributed by atoms with Crippen molar-refractivity contribution in [3.63, 3.8) is 0 Å². The zero-order valence-corrected chi connectivity index (χ0v) is 43.0. The molecule has 1 unspecified atom stereocenters. The Balaban J connectivity index is 0.000000159. The third-order valence-electron chi connectivity index (χ3n) is 15.8. The first-order chi connectivity index (χ1) is 35.6. The Morgan fingerprint density at radius 2 is 1.08 bits per heavy atom. The van der Waals surface area contributed by atoms with Gasteiger partial charge in [0.15, 0.2) is 0 Å². The molecule has 2 spiro atoms. The number of hydrogen-bond acceptors (Lipinski definition) is 16.